The molecule has 0 fully saturated rings. The van der Waals surface area contributed by atoms with Crippen LogP contribution in [0.25, 0.3) is 55.0 Å². The minimum Gasteiger partial charge on any atom is -0.388 e. The molecule has 0 bridgehead atoms. The van der Waals surface area contributed by atoms with E-state index in [0.29, 0.717) is 32.6 Å². The monoisotopic (exact) mass is 556 g/mol. The first-order valence-electron chi connectivity index (χ1n) is 13.5. The van der Waals surface area contributed by atoms with Gasteiger partial charge in [-0.3, -0.25) is 9.59 Å². The maximum Gasteiger partial charge on any atom is 0.197 e. The number of benzene rings is 5. The van der Waals surface area contributed by atoms with Crippen molar-refractivity contribution < 1.29 is 9.47 Å². The average molecular weight is 557 g/mol. The summed E-state index contributed by atoms with van der Waals surface area (Å²) in [5.41, 5.74) is 4.82. The number of rotatable bonds is 2. The van der Waals surface area contributed by atoms with Crippen molar-refractivity contribution in [2.24, 2.45) is 0 Å². The summed E-state index contributed by atoms with van der Waals surface area (Å²) in [6, 6.07) is 39.0. The Balaban J connectivity index is 0.000000545. The Morgan fingerprint density at radius 1 is 0.405 bits per heavy atom. The molecule has 0 atom stereocenters. The second kappa shape index (κ2) is 12.6. The number of fused-ring (bicyclic) bond motifs is 4. The molecule has 0 aliphatic carbocycles. The van der Waals surface area contributed by atoms with Gasteiger partial charge in [-0.15, -0.1) is 0 Å². The quantitative estimate of drug-likeness (QED) is 0.213. The lowest BCUT2D eigenvalue weighted by Gasteiger charge is -2.19. The number of hydrogen-bond donors (Lipinski definition) is 0. The van der Waals surface area contributed by atoms with E-state index in [-0.39, 0.29) is 10.9 Å². The molecule has 0 saturated carbocycles. The Bertz CT molecular complexity index is 1960. The molecule has 0 spiro atoms. The highest BCUT2D eigenvalue weighted by Crippen LogP contribution is 2.30. The van der Waals surface area contributed by atoms with Crippen molar-refractivity contribution in [3.8, 4) is 11.4 Å². The Labute approximate surface area is 243 Å². The van der Waals surface area contributed by atoms with Crippen molar-refractivity contribution in [2.45, 2.75) is 0 Å². The van der Waals surface area contributed by atoms with Gasteiger partial charge in [0.15, 0.2) is 10.9 Å². The first-order valence-corrected chi connectivity index (χ1v) is 13.5. The molecule has 5 aromatic carbocycles. The topological polar surface area (TPSA) is 62.5 Å². The molecule has 7 rings (SSSR count). The minimum absolute atomic E-state index is 0.0464. The van der Waals surface area contributed by atoms with E-state index in [4.69, 9.17) is 0 Å². The molecule has 7 aromatic rings. The molecule has 0 aliphatic heterocycles. The van der Waals surface area contributed by atoms with Crippen LogP contribution in [0.15, 0.2) is 131 Å². The van der Waals surface area contributed by atoms with E-state index in [1.54, 1.807) is 28.4 Å². The molecule has 2 aromatic heterocycles. The third kappa shape index (κ3) is 5.09. The molecule has 210 valence electrons. The summed E-state index contributed by atoms with van der Waals surface area (Å²) in [6.07, 6.45) is 0. The molecule has 0 aliphatic rings. The third-order valence-corrected chi connectivity index (χ3v) is 6.89. The van der Waals surface area contributed by atoms with Crippen molar-refractivity contribution in [1.29, 1.82) is 0 Å². The fraction of sp³-hybridized carbons (Fsp3) is 0.111. The van der Waals surface area contributed by atoms with Gasteiger partial charge in [0.25, 0.3) is 0 Å². The van der Waals surface area contributed by atoms with E-state index >= 15 is 0 Å². The first kappa shape index (κ1) is 28.5. The van der Waals surface area contributed by atoms with Crippen LogP contribution >= 0.6 is 0 Å². The standard InChI is InChI=1S/C32H20N2O2.2C2H6O/c35-31-23-15-7-9-17-27(23)33(21-11-3-1-4-12-21)29-19-26-30(20-25(29)31)34(22-13-5-2-6-14-22)28-18-10-8-16-24(28)32(26)36;2*1-3-2/h1-20H;2*1-2H3. The predicted octanol–water partition coefficient (Wildman–Crippen LogP) is 7.13. The van der Waals surface area contributed by atoms with E-state index in [1.807, 2.05) is 121 Å². The van der Waals surface area contributed by atoms with Crippen molar-refractivity contribution >= 4 is 43.6 Å². The number of methoxy groups -OCH3 is 2. The van der Waals surface area contributed by atoms with Crippen molar-refractivity contribution in [1.82, 2.24) is 9.13 Å². The maximum absolute atomic E-state index is 13.8. The van der Waals surface area contributed by atoms with Gasteiger partial charge in [-0.05, 0) is 60.7 Å². The Morgan fingerprint density at radius 2 is 0.714 bits per heavy atom. The van der Waals surface area contributed by atoms with Crippen LogP contribution in [0.3, 0.4) is 0 Å². The number of pyridine rings is 2. The van der Waals surface area contributed by atoms with Crippen molar-refractivity contribution in [3.63, 3.8) is 0 Å². The zero-order valence-corrected chi connectivity index (χ0v) is 24.1. The normalized spacial score (nSPS) is 10.8. The molecular weight excluding hydrogens is 524 g/mol. The van der Waals surface area contributed by atoms with Gasteiger partial charge in [-0.2, -0.15) is 0 Å². The minimum atomic E-state index is -0.0464. The lowest BCUT2D eigenvalue weighted by atomic mass is 10.0. The van der Waals surface area contributed by atoms with Gasteiger partial charge >= 0.3 is 0 Å². The lowest BCUT2D eigenvalue weighted by molar-refractivity contribution is 0.277. The highest BCUT2D eigenvalue weighted by Gasteiger charge is 2.18. The molecule has 6 nitrogen and oxygen atoms in total. The molecule has 0 radical (unpaired) electrons. The van der Waals surface area contributed by atoms with E-state index < -0.39 is 0 Å². The van der Waals surface area contributed by atoms with Gasteiger partial charge in [0.1, 0.15) is 0 Å². The van der Waals surface area contributed by atoms with Crippen LogP contribution in [0.1, 0.15) is 0 Å². The van der Waals surface area contributed by atoms with Crippen molar-refractivity contribution in [3.05, 3.63) is 142 Å². The zero-order chi connectivity index (χ0) is 29.6. The summed E-state index contributed by atoms with van der Waals surface area (Å²) in [7, 11) is 6.50. The van der Waals surface area contributed by atoms with Crippen LogP contribution in [-0.4, -0.2) is 37.6 Å². The Hall–Kier alpha value is -5.04. The Kier molecular flexibility index (Phi) is 8.58. The maximum atomic E-state index is 13.8. The molecule has 0 saturated heterocycles. The van der Waals surface area contributed by atoms with Crippen LogP contribution in [-0.2, 0) is 9.47 Å². The largest absolute Gasteiger partial charge is 0.388 e. The van der Waals surface area contributed by atoms with E-state index in [1.165, 1.54) is 0 Å². The molecule has 0 N–H and O–H groups in total. The number of aromatic nitrogens is 2. The Morgan fingerprint density at radius 3 is 1.07 bits per heavy atom. The van der Waals surface area contributed by atoms with Gasteiger partial charge in [0.05, 0.1) is 22.1 Å². The number of para-hydroxylation sites is 4. The summed E-state index contributed by atoms with van der Waals surface area (Å²) >= 11 is 0. The summed E-state index contributed by atoms with van der Waals surface area (Å²) in [6.45, 7) is 0. The summed E-state index contributed by atoms with van der Waals surface area (Å²) in [5.74, 6) is 0. The highest BCUT2D eigenvalue weighted by atomic mass is 16.5. The van der Waals surface area contributed by atoms with E-state index in [0.717, 1.165) is 22.4 Å². The van der Waals surface area contributed by atoms with E-state index in [9.17, 15) is 9.59 Å². The second-order valence-electron chi connectivity index (χ2n) is 9.74. The average Bonchev–Trinajstić information content (AvgIpc) is 3.03. The number of nitrogens with zero attached hydrogens (tertiary/aromatic N) is 2. The van der Waals surface area contributed by atoms with Gasteiger partial charge in [-0.25, -0.2) is 0 Å². The van der Waals surface area contributed by atoms with Crippen LogP contribution in [0, 0.1) is 0 Å². The van der Waals surface area contributed by atoms with Gasteiger partial charge in [0.2, 0.25) is 0 Å². The van der Waals surface area contributed by atoms with Gasteiger partial charge in [-0.1, -0.05) is 60.7 Å². The third-order valence-electron chi connectivity index (χ3n) is 6.89. The first-order chi connectivity index (χ1) is 20.5. The SMILES string of the molecule is COC.COC.O=c1c2ccccc2n(-c2ccccc2)c2cc3c(=O)c4ccccc4n(-c4ccccc4)c3cc12. The second-order valence-corrected chi connectivity index (χ2v) is 9.74. The summed E-state index contributed by atoms with van der Waals surface area (Å²) < 4.78 is 12.7. The van der Waals surface area contributed by atoms with Gasteiger partial charge < -0.3 is 18.6 Å². The zero-order valence-electron chi connectivity index (χ0n) is 24.1. The van der Waals surface area contributed by atoms with Crippen LogP contribution in [0.2, 0.25) is 0 Å². The molecule has 0 amide bonds. The van der Waals surface area contributed by atoms with Gasteiger partial charge in [0, 0.05) is 61.4 Å². The van der Waals surface area contributed by atoms with Crippen LogP contribution in [0.5, 0.6) is 0 Å². The summed E-state index contributed by atoms with van der Waals surface area (Å²) in [5, 5.41) is 2.43. The van der Waals surface area contributed by atoms with Crippen molar-refractivity contribution in [2.75, 3.05) is 28.4 Å². The predicted molar refractivity (Wildman–Crippen MR) is 174 cm³/mol. The summed E-state index contributed by atoms with van der Waals surface area (Å²) in [4.78, 5) is 27.6. The molecule has 2 heterocycles. The van der Waals surface area contributed by atoms with Crippen LogP contribution in [0.4, 0.5) is 0 Å². The lowest BCUT2D eigenvalue weighted by Crippen LogP contribution is -2.14. The van der Waals surface area contributed by atoms with Crippen LogP contribution < -0.4 is 10.9 Å². The fourth-order valence-corrected chi connectivity index (χ4v) is 5.29. The number of hydrogen-bond acceptors (Lipinski definition) is 4. The fourth-order valence-electron chi connectivity index (χ4n) is 5.29. The molecule has 6 heteroatoms. The number of ether oxygens (including phenoxy) is 2. The smallest absolute Gasteiger partial charge is 0.197 e. The highest BCUT2D eigenvalue weighted by molar-refractivity contribution is 6.05. The molecule has 0 unspecified atom stereocenters. The van der Waals surface area contributed by atoms with E-state index in [2.05, 4.69) is 18.6 Å². The molecule has 42 heavy (non-hydrogen) atoms. The molecular formula is C36H32N2O4.